The Bertz CT molecular complexity index is 1320. The normalized spacial score (nSPS) is 18.7. The second kappa shape index (κ2) is 7.44. The lowest BCUT2D eigenvalue weighted by molar-refractivity contribution is -0.116. The molecule has 162 valence electrons. The molecule has 9 heteroatoms. The zero-order valence-corrected chi connectivity index (χ0v) is 17.7. The van der Waals surface area contributed by atoms with Crippen molar-refractivity contribution in [3.05, 3.63) is 59.5 Å². The van der Waals surface area contributed by atoms with E-state index in [9.17, 15) is 4.79 Å². The van der Waals surface area contributed by atoms with Gasteiger partial charge in [0.05, 0.1) is 11.8 Å². The van der Waals surface area contributed by atoms with E-state index in [2.05, 4.69) is 26.7 Å². The maximum Gasteiger partial charge on any atom is 0.226 e. The van der Waals surface area contributed by atoms with Gasteiger partial charge in [0.1, 0.15) is 17.9 Å². The van der Waals surface area contributed by atoms with Gasteiger partial charge in [0.25, 0.3) is 0 Å². The average Bonchev–Trinajstić information content (AvgIpc) is 3.54. The Hall–Kier alpha value is -3.75. The Kier molecular flexibility index (Phi) is 4.41. The van der Waals surface area contributed by atoms with Crippen molar-refractivity contribution in [1.29, 1.82) is 0 Å². The number of carbonyl (C=O) groups is 1. The lowest BCUT2D eigenvalue weighted by atomic mass is 9.85. The summed E-state index contributed by atoms with van der Waals surface area (Å²) in [6.07, 6.45) is 6.72. The van der Waals surface area contributed by atoms with Gasteiger partial charge in [-0.25, -0.2) is 0 Å². The number of amides is 1. The van der Waals surface area contributed by atoms with Crippen molar-refractivity contribution in [2.24, 2.45) is 0 Å². The molecular formula is C23H23N7O2. The molecule has 1 aliphatic heterocycles. The van der Waals surface area contributed by atoms with Gasteiger partial charge in [-0.1, -0.05) is 18.2 Å². The lowest BCUT2D eigenvalue weighted by Gasteiger charge is -2.26. The highest BCUT2D eigenvalue weighted by atomic mass is 16.5. The second-order valence-corrected chi connectivity index (χ2v) is 8.45. The summed E-state index contributed by atoms with van der Waals surface area (Å²) in [4.78, 5) is 12.8. The van der Waals surface area contributed by atoms with E-state index < -0.39 is 0 Å². The largest absolute Gasteiger partial charge is 0.490 e. The molecule has 1 N–H and O–H groups in total. The van der Waals surface area contributed by atoms with Gasteiger partial charge in [0.2, 0.25) is 5.91 Å². The molecule has 2 aliphatic rings. The zero-order chi connectivity index (χ0) is 21.7. The number of fused-ring (bicyclic) bond motifs is 2. The van der Waals surface area contributed by atoms with Gasteiger partial charge in [-0.2, -0.15) is 14.3 Å². The highest BCUT2D eigenvalue weighted by Crippen LogP contribution is 2.43. The summed E-state index contributed by atoms with van der Waals surface area (Å²) in [5.74, 6) is 1.91. The average molecular weight is 429 g/mol. The van der Waals surface area contributed by atoms with Crippen LogP contribution in [0, 0.1) is 6.92 Å². The Morgan fingerprint density at radius 3 is 2.81 bits per heavy atom. The molecule has 1 aromatic carbocycles. The molecule has 32 heavy (non-hydrogen) atoms. The molecule has 9 nitrogen and oxygen atoms in total. The van der Waals surface area contributed by atoms with E-state index in [0.29, 0.717) is 23.7 Å². The Balaban J connectivity index is 1.45. The van der Waals surface area contributed by atoms with Crippen LogP contribution in [0.3, 0.4) is 0 Å². The molecule has 1 aliphatic carbocycles. The second-order valence-electron chi connectivity index (χ2n) is 8.45. The van der Waals surface area contributed by atoms with Crippen LogP contribution in [0.15, 0.2) is 42.7 Å². The number of rotatable bonds is 4. The van der Waals surface area contributed by atoms with Crippen LogP contribution < -0.4 is 10.1 Å². The van der Waals surface area contributed by atoms with Crippen molar-refractivity contribution in [3.8, 4) is 11.6 Å². The Morgan fingerprint density at radius 2 is 1.94 bits per heavy atom. The van der Waals surface area contributed by atoms with Crippen molar-refractivity contribution in [2.75, 3.05) is 5.32 Å². The summed E-state index contributed by atoms with van der Waals surface area (Å²) in [7, 11) is 0. The molecule has 4 aromatic rings. The number of hydrogen-bond acceptors (Lipinski definition) is 6. The van der Waals surface area contributed by atoms with E-state index in [1.165, 1.54) is 12.8 Å². The van der Waals surface area contributed by atoms with Gasteiger partial charge in [0.15, 0.2) is 11.5 Å². The number of aromatic nitrogens is 6. The molecule has 0 bridgehead atoms. The quantitative estimate of drug-likeness (QED) is 0.534. The van der Waals surface area contributed by atoms with Crippen LogP contribution >= 0.6 is 0 Å². The fourth-order valence-corrected chi connectivity index (χ4v) is 4.87. The van der Waals surface area contributed by atoms with E-state index in [4.69, 9.17) is 9.84 Å². The molecule has 1 amide bonds. The molecule has 0 saturated heterocycles. The van der Waals surface area contributed by atoms with Crippen LogP contribution in [0.5, 0.6) is 5.75 Å². The molecule has 3 aromatic heterocycles. The van der Waals surface area contributed by atoms with Crippen LogP contribution in [0.1, 0.15) is 54.8 Å². The van der Waals surface area contributed by atoms with Crippen LogP contribution in [0.2, 0.25) is 0 Å². The molecule has 1 atom stereocenters. The molecule has 0 unspecified atom stereocenters. The number of hydrogen-bond donors (Lipinski definition) is 1. The molecule has 0 spiro atoms. The fourth-order valence-electron chi connectivity index (χ4n) is 4.87. The van der Waals surface area contributed by atoms with Crippen LogP contribution in [-0.4, -0.2) is 41.6 Å². The first-order valence-corrected chi connectivity index (χ1v) is 11.0. The third-order valence-corrected chi connectivity index (χ3v) is 6.36. The first-order valence-electron chi connectivity index (χ1n) is 11.0. The minimum atomic E-state index is -0.135. The highest BCUT2D eigenvalue weighted by Gasteiger charge is 2.35. The number of nitrogens with zero attached hydrogens (tertiary/aromatic N) is 6. The Labute approximate surface area is 184 Å². The first-order chi connectivity index (χ1) is 15.7. The number of para-hydroxylation sites is 1. The lowest BCUT2D eigenvalue weighted by Crippen LogP contribution is -2.25. The highest BCUT2D eigenvalue weighted by molar-refractivity contribution is 5.95. The van der Waals surface area contributed by atoms with Gasteiger partial charge in [-0.15, -0.1) is 15.3 Å². The summed E-state index contributed by atoms with van der Waals surface area (Å²) < 4.78 is 9.67. The zero-order valence-electron chi connectivity index (χ0n) is 17.7. The monoisotopic (exact) mass is 429 g/mol. The summed E-state index contributed by atoms with van der Waals surface area (Å²) >= 11 is 0. The van der Waals surface area contributed by atoms with Crippen LogP contribution in [0.4, 0.5) is 5.82 Å². The topological polar surface area (TPSA) is 99.2 Å². The SMILES string of the molecule is Cc1nn(-c2ccc3nncn3n2)c2c1[C@@H](c1ccccc1OC1CCCC1)CC(=O)N2. The van der Waals surface area contributed by atoms with Crippen molar-refractivity contribution < 1.29 is 9.53 Å². The predicted molar refractivity (Wildman–Crippen MR) is 117 cm³/mol. The maximum absolute atomic E-state index is 12.8. The maximum atomic E-state index is 12.8. The van der Waals surface area contributed by atoms with Crippen molar-refractivity contribution in [1.82, 2.24) is 29.6 Å². The summed E-state index contributed by atoms with van der Waals surface area (Å²) in [5.41, 5.74) is 3.52. The molecule has 0 radical (unpaired) electrons. The molecular weight excluding hydrogens is 406 g/mol. The van der Waals surface area contributed by atoms with E-state index in [1.807, 2.05) is 37.3 Å². The number of carbonyl (C=O) groups excluding carboxylic acids is 1. The van der Waals surface area contributed by atoms with Gasteiger partial charge in [0, 0.05) is 23.5 Å². The van der Waals surface area contributed by atoms with Crippen molar-refractivity contribution >= 4 is 17.4 Å². The smallest absolute Gasteiger partial charge is 0.226 e. The third kappa shape index (κ3) is 3.12. The first kappa shape index (κ1) is 19.0. The summed E-state index contributed by atoms with van der Waals surface area (Å²) in [6, 6.07) is 11.7. The molecule has 4 heterocycles. The van der Waals surface area contributed by atoms with Crippen molar-refractivity contribution in [3.63, 3.8) is 0 Å². The summed E-state index contributed by atoms with van der Waals surface area (Å²) in [5, 5.41) is 20.2. The fraction of sp³-hybridized carbons (Fsp3) is 0.348. The van der Waals surface area contributed by atoms with Gasteiger partial charge in [-0.05, 0) is 50.8 Å². The number of anilines is 1. The minimum absolute atomic E-state index is 0.0512. The summed E-state index contributed by atoms with van der Waals surface area (Å²) in [6.45, 7) is 1.97. The number of ether oxygens (including phenoxy) is 1. The predicted octanol–water partition coefficient (Wildman–Crippen LogP) is 3.41. The van der Waals surface area contributed by atoms with Gasteiger partial charge < -0.3 is 10.1 Å². The standard InChI is InChI=1S/C23H23N7O2/c1-14-22-17(16-8-4-5-9-18(16)32-15-6-2-3-7-15)12-21(31)25-23(22)30(27-14)20-11-10-19-26-24-13-29(19)28-20/h4-5,8-11,13,15,17H,2-3,6-7,12H2,1H3,(H,25,31)/t17-/m1/s1. The number of nitrogens with one attached hydrogen (secondary N) is 1. The van der Waals surface area contributed by atoms with Crippen LogP contribution in [-0.2, 0) is 4.79 Å². The van der Waals surface area contributed by atoms with Crippen molar-refractivity contribution in [2.45, 2.75) is 51.0 Å². The van der Waals surface area contributed by atoms with E-state index in [0.717, 1.165) is 35.4 Å². The van der Waals surface area contributed by atoms with Gasteiger partial charge in [-0.3, -0.25) is 4.79 Å². The molecule has 1 fully saturated rings. The van der Waals surface area contributed by atoms with Crippen LogP contribution in [0.25, 0.3) is 11.5 Å². The third-order valence-electron chi connectivity index (χ3n) is 6.36. The molecule has 1 saturated carbocycles. The van der Waals surface area contributed by atoms with E-state index in [1.54, 1.807) is 15.5 Å². The number of benzene rings is 1. The van der Waals surface area contributed by atoms with E-state index in [-0.39, 0.29) is 17.9 Å². The Morgan fingerprint density at radius 1 is 1.09 bits per heavy atom. The molecule has 6 rings (SSSR count). The number of aryl methyl sites for hydroxylation is 1. The van der Waals surface area contributed by atoms with Gasteiger partial charge >= 0.3 is 0 Å². The van der Waals surface area contributed by atoms with E-state index >= 15 is 0 Å². The minimum Gasteiger partial charge on any atom is -0.490 e.